The van der Waals surface area contributed by atoms with Gasteiger partial charge in [-0.2, -0.15) is 11.8 Å². The molecule has 4 nitrogen and oxygen atoms in total. The molecule has 1 fully saturated rings. The molecule has 1 aliphatic rings. The minimum Gasteiger partial charge on any atom is -0.481 e. The molecule has 1 aromatic heterocycles. The first-order valence-corrected chi connectivity index (χ1v) is 10.2. The predicted octanol–water partition coefficient (Wildman–Crippen LogP) is 3.64. The molecule has 1 N–H and O–H groups in total. The number of hydrogen-bond acceptors (Lipinski definition) is 4. The molecule has 0 bridgehead atoms. The zero-order valence-electron chi connectivity index (χ0n) is 13.4. The van der Waals surface area contributed by atoms with Crippen molar-refractivity contribution in [1.82, 2.24) is 4.90 Å². The number of carbonyl (C=O) groups excluding carboxylic acids is 1. The van der Waals surface area contributed by atoms with Crippen molar-refractivity contribution < 1.29 is 14.7 Å². The number of aryl methyl sites for hydroxylation is 1. The Bertz CT molecular complexity index is 728. The number of fused-ring (bicyclic) bond motifs is 1. The normalized spacial score (nSPS) is 18.0. The molecule has 1 unspecified atom stereocenters. The Hall–Kier alpha value is -1.53. The van der Waals surface area contributed by atoms with Gasteiger partial charge < -0.3 is 10.0 Å². The molecule has 0 spiro atoms. The molecule has 3 rings (SSSR count). The van der Waals surface area contributed by atoms with Gasteiger partial charge in [0.15, 0.2) is 0 Å². The average molecular weight is 364 g/mol. The van der Waals surface area contributed by atoms with Crippen LogP contribution in [0, 0.1) is 0 Å². The van der Waals surface area contributed by atoms with Gasteiger partial charge in [0.25, 0.3) is 0 Å². The number of carboxylic acid groups (broad SMARTS) is 1. The van der Waals surface area contributed by atoms with E-state index >= 15 is 0 Å². The third kappa shape index (κ3) is 4.11. The first-order valence-electron chi connectivity index (χ1n) is 8.19. The van der Waals surface area contributed by atoms with Crippen LogP contribution in [0.15, 0.2) is 29.6 Å². The van der Waals surface area contributed by atoms with E-state index in [1.54, 1.807) is 28.0 Å². The molecule has 1 amide bonds. The van der Waals surface area contributed by atoms with Crippen LogP contribution in [0.1, 0.15) is 24.8 Å². The number of aliphatic carboxylic acids is 1. The molecule has 1 atom stereocenters. The lowest BCUT2D eigenvalue weighted by molar-refractivity contribution is -0.140. The number of thiophene rings is 1. The number of hydrogen-bond donors (Lipinski definition) is 1. The van der Waals surface area contributed by atoms with Gasteiger partial charge in [-0.25, -0.2) is 0 Å². The van der Waals surface area contributed by atoms with Crippen molar-refractivity contribution in [1.29, 1.82) is 0 Å². The molecular weight excluding hydrogens is 342 g/mol. The fourth-order valence-corrected chi connectivity index (χ4v) is 5.21. The highest BCUT2D eigenvalue weighted by molar-refractivity contribution is 7.99. The van der Waals surface area contributed by atoms with Crippen molar-refractivity contribution in [3.63, 3.8) is 0 Å². The Morgan fingerprint density at radius 3 is 2.96 bits per heavy atom. The minimum atomic E-state index is -0.829. The van der Waals surface area contributed by atoms with Gasteiger partial charge in [-0.3, -0.25) is 9.59 Å². The number of thioether (sulfide) groups is 1. The lowest BCUT2D eigenvalue weighted by Gasteiger charge is -2.34. The zero-order valence-corrected chi connectivity index (χ0v) is 15.1. The highest BCUT2D eigenvalue weighted by Crippen LogP contribution is 2.27. The van der Waals surface area contributed by atoms with Crippen LogP contribution in [-0.2, 0) is 16.0 Å². The average Bonchev–Trinajstić information content (AvgIpc) is 2.98. The second-order valence-corrected chi connectivity index (χ2v) is 8.09. The summed E-state index contributed by atoms with van der Waals surface area (Å²) >= 11 is 3.48. The second kappa shape index (κ2) is 8.03. The van der Waals surface area contributed by atoms with Crippen molar-refractivity contribution in [3.05, 3.63) is 35.2 Å². The molecule has 1 aromatic carbocycles. The van der Waals surface area contributed by atoms with E-state index in [2.05, 4.69) is 17.5 Å². The Kier molecular flexibility index (Phi) is 5.79. The molecule has 2 aromatic rings. The molecular formula is C18H21NO3S2. The van der Waals surface area contributed by atoms with E-state index in [0.717, 1.165) is 24.3 Å². The van der Waals surface area contributed by atoms with Crippen LogP contribution in [0.4, 0.5) is 0 Å². The number of benzene rings is 1. The molecule has 0 saturated carbocycles. The van der Waals surface area contributed by atoms with Crippen LogP contribution in [0.25, 0.3) is 10.1 Å². The molecule has 1 aliphatic heterocycles. The Morgan fingerprint density at radius 2 is 2.12 bits per heavy atom. The van der Waals surface area contributed by atoms with Crippen LogP contribution < -0.4 is 0 Å². The summed E-state index contributed by atoms with van der Waals surface area (Å²) in [4.78, 5) is 25.3. The van der Waals surface area contributed by atoms with Crippen molar-refractivity contribution >= 4 is 45.1 Å². The minimum absolute atomic E-state index is 0.0495. The molecule has 128 valence electrons. The van der Waals surface area contributed by atoms with Gasteiger partial charge in [0.05, 0.1) is 12.5 Å². The van der Waals surface area contributed by atoms with Gasteiger partial charge in [0.2, 0.25) is 5.91 Å². The summed E-state index contributed by atoms with van der Waals surface area (Å²) in [5.41, 5.74) is 1.31. The lowest BCUT2D eigenvalue weighted by Crippen LogP contribution is -2.47. The van der Waals surface area contributed by atoms with E-state index in [9.17, 15) is 9.59 Å². The van der Waals surface area contributed by atoms with Crippen LogP contribution in [0.2, 0.25) is 0 Å². The van der Waals surface area contributed by atoms with E-state index in [-0.39, 0.29) is 18.4 Å². The predicted molar refractivity (Wildman–Crippen MR) is 99.8 cm³/mol. The highest BCUT2D eigenvalue weighted by Gasteiger charge is 2.28. The largest absolute Gasteiger partial charge is 0.481 e. The number of carboxylic acids is 1. The summed E-state index contributed by atoms with van der Waals surface area (Å²) in [6.07, 6.45) is 2.24. The van der Waals surface area contributed by atoms with Crippen LogP contribution in [-0.4, -0.2) is 46.0 Å². The SMILES string of the molecule is O=C(O)CC1CSCCN1C(=O)CCCc1csc2ccccc12. The Labute approximate surface area is 149 Å². The molecule has 2 heterocycles. The molecule has 0 aliphatic carbocycles. The Balaban J connectivity index is 1.55. The summed E-state index contributed by atoms with van der Waals surface area (Å²) in [5.74, 6) is 0.899. The van der Waals surface area contributed by atoms with Gasteiger partial charge in [-0.15, -0.1) is 11.3 Å². The first-order chi connectivity index (χ1) is 11.6. The van der Waals surface area contributed by atoms with Crippen LogP contribution in [0.5, 0.6) is 0 Å². The van der Waals surface area contributed by atoms with E-state index in [4.69, 9.17) is 5.11 Å². The van der Waals surface area contributed by atoms with Gasteiger partial charge in [-0.1, -0.05) is 18.2 Å². The van der Waals surface area contributed by atoms with E-state index < -0.39 is 5.97 Å². The Morgan fingerprint density at radius 1 is 1.29 bits per heavy atom. The van der Waals surface area contributed by atoms with Gasteiger partial charge in [0.1, 0.15) is 0 Å². The van der Waals surface area contributed by atoms with E-state index in [0.29, 0.717) is 13.0 Å². The molecule has 24 heavy (non-hydrogen) atoms. The summed E-state index contributed by atoms with van der Waals surface area (Å²) in [7, 11) is 0. The fourth-order valence-electron chi connectivity index (χ4n) is 3.15. The van der Waals surface area contributed by atoms with Gasteiger partial charge in [-0.05, 0) is 35.2 Å². The number of carbonyl (C=O) groups is 2. The molecule has 1 saturated heterocycles. The summed E-state index contributed by atoms with van der Waals surface area (Å²) in [6, 6.07) is 8.19. The third-order valence-corrected chi connectivity index (χ3v) is 6.46. The maximum absolute atomic E-state index is 12.5. The molecule has 6 heteroatoms. The maximum atomic E-state index is 12.5. The van der Waals surface area contributed by atoms with Crippen molar-refractivity contribution in [2.75, 3.05) is 18.1 Å². The molecule has 0 radical (unpaired) electrons. The zero-order chi connectivity index (χ0) is 16.9. The van der Waals surface area contributed by atoms with Crippen LogP contribution in [0.3, 0.4) is 0 Å². The van der Waals surface area contributed by atoms with Crippen LogP contribution >= 0.6 is 23.1 Å². The quantitative estimate of drug-likeness (QED) is 0.851. The monoisotopic (exact) mass is 363 g/mol. The number of nitrogens with zero attached hydrogens (tertiary/aromatic N) is 1. The van der Waals surface area contributed by atoms with Gasteiger partial charge >= 0.3 is 5.97 Å². The second-order valence-electron chi connectivity index (χ2n) is 6.02. The fraction of sp³-hybridized carbons (Fsp3) is 0.444. The number of rotatable bonds is 6. The summed E-state index contributed by atoms with van der Waals surface area (Å²) in [6.45, 7) is 0.669. The summed E-state index contributed by atoms with van der Waals surface area (Å²) in [5, 5.41) is 12.5. The summed E-state index contributed by atoms with van der Waals surface area (Å²) < 4.78 is 1.29. The standard InChI is InChI=1S/C18H21NO3S2/c20-17(19-8-9-23-12-14(19)10-18(21)22)7-3-4-13-11-24-16-6-2-1-5-15(13)16/h1-2,5-6,11,14H,3-4,7-10,12H2,(H,21,22). The van der Waals surface area contributed by atoms with Crippen molar-refractivity contribution in [2.45, 2.75) is 31.7 Å². The topological polar surface area (TPSA) is 57.6 Å². The van der Waals surface area contributed by atoms with Crippen molar-refractivity contribution in [3.8, 4) is 0 Å². The smallest absolute Gasteiger partial charge is 0.305 e. The first kappa shape index (κ1) is 17.3. The third-order valence-electron chi connectivity index (χ3n) is 4.36. The van der Waals surface area contributed by atoms with Gasteiger partial charge in [0, 0.05) is 29.2 Å². The van der Waals surface area contributed by atoms with E-state index in [1.165, 1.54) is 15.6 Å². The highest BCUT2D eigenvalue weighted by atomic mass is 32.2. The lowest BCUT2D eigenvalue weighted by atomic mass is 10.1. The van der Waals surface area contributed by atoms with E-state index in [1.807, 2.05) is 12.1 Å². The number of amides is 1. The maximum Gasteiger partial charge on any atom is 0.305 e. The van der Waals surface area contributed by atoms with Crippen molar-refractivity contribution in [2.24, 2.45) is 0 Å².